The van der Waals surface area contributed by atoms with Gasteiger partial charge in [-0.15, -0.1) is 11.8 Å². The van der Waals surface area contributed by atoms with E-state index in [0.717, 1.165) is 11.5 Å². The Balaban J connectivity index is 2.57. The van der Waals surface area contributed by atoms with Crippen molar-refractivity contribution in [1.82, 2.24) is 0 Å². The molecule has 1 aromatic rings. The molecule has 0 unspecified atom stereocenters. The second kappa shape index (κ2) is 3.33. The SMILES string of the molecule is CSc1c(I)ccc2c1OCO2. The summed E-state index contributed by atoms with van der Waals surface area (Å²) in [7, 11) is 0. The van der Waals surface area contributed by atoms with E-state index in [4.69, 9.17) is 9.47 Å². The molecule has 2 rings (SSSR count). The summed E-state index contributed by atoms with van der Waals surface area (Å²) in [5.41, 5.74) is 0. The van der Waals surface area contributed by atoms with Gasteiger partial charge >= 0.3 is 0 Å². The maximum Gasteiger partial charge on any atom is 0.231 e. The number of fused-ring (bicyclic) bond motifs is 1. The topological polar surface area (TPSA) is 18.5 Å². The third kappa shape index (κ3) is 1.26. The predicted octanol–water partition coefficient (Wildman–Crippen LogP) is 2.74. The molecule has 4 heteroatoms. The van der Waals surface area contributed by atoms with Crippen LogP contribution in [0.25, 0.3) is 0 Å². The van der Waals surface area contributed by atoms with Gasteiger partial charge in [-0.05, 0) is 41.0 Å². The van der Waals surface area contributed by atoms with Crippen LogP contribution in [0.4, 0.5) is 0 Å². The molecule has 0 aromatic heterocycles. The summed E-state index contributed by atoms with van der Waals surface area (Å²) >= 11 is 3.99. The molecule has 0 saturated carbocycles. The normalized spacial score (nSPS) is 13.5. The molecular formula is C8H7IO2S. The van der Waals surface area contributed by atoms with Crippen LogP contribution in [0.5, 0.6) is 11.5 Å². The van der Waals surface area contributed by atoms with Crippen LogP contribution in [-0.4, -0.2) is 13.0 Å². The predicted molar refractivity (Wildman–Crippen MR) is 57.1 cm³/mol. The lowest BCUT2D eigenvalue weighted by Crippen LogP contribution is -1.93. The van der Waals surface area contributed by atoms with Crippen LogP contribution >= 0.6 is 34.4 Å². The van der Waals surface area contributed by atoms with Crippen LogP contribution in [0.2, 0.25) is 0 Å². The number of rotatable bonds is 1. The highest BCUT2D eigenvalue weighted by Crippen LogP contribution is 2.42. The van der Waals surface area contributed by atoms with Crippen molar-refractivity contribution in [2.75, 3.05) is 13.0 Å². The largest absolute Gasteiger partial charge is 0.454 e. The standard InChI is InChI=1S/C8H7IO2S/c1-12-8-5(9)2-3-6-7(8)11-4-10-6/h2-3H,4H2,1H3. The van der Waals surface area contributed by atoms with Crippen molar-refractivity contribution in [2.24, 2.45) is 0 Å². The van der Waals surface area contributed by atoms with E-state index in [1.165, 1.54) is 8.47 Å². The van der Waals surface area contributed by atoms with Gasteiger partial charge in [-0.3, -0.25) is 0 Å². The van der Waals surface area contributed by atoms with Crippen LogP contribution < -0.4 is 9.47 Å². The quantitative estimate of drug-likeness (QED) is 0.586. The fourth-order valence-corrected chi connectivity index (χ4v) is 2.81. The van der Waals surface area contributed by atoms with Gasteiger partial charge in [-0.25, -0.2) is 0 Å². The van der Waals surface area contributed by atoms with Crippen molar-refractivity contribution in [3.05, 3.63) is 15.7 Å². The van der Waals surface area contributed by atoms with Crippen molar-refractivity contribution in [2.45, 2.75) is 4.90 Å². The van der Waals surface area contributed by atoms with Gasteiger partial charge in [0.15, 0.2) is 11.5 Å². The number of hydrogen-bond donors (Lipinski definition) is 0. The zero-order valence-corrected chi connectivity index (χ0v) is 9.44. The van der Waals surface area contributed by atoms with Crippen LogP contribution in [0.3, 0.4) is 0 Å². The fourth-order valence-electron chi connectivity index (χ4n) is 1.11. The number of hydrogen-bond acceptors (Lipinski definition) is 3. The molecule has 2 nitrogen and oxygen atoms in total. The summed E-state index contributed by atoms with van der Waals surface area (Å²) < 4.78 is 11.8. The number of halogens is 1. The lowest BCUT2D eigenvalue weighted by atomic mass is 10.3. The van der Waals surface area contributed by atoms with Gasteiger partial charge in [0.1, 0.15) is 0 Å². The molecule has 0 atom stereocenters. The summed E-state index contributed by atoms with van der Waals surface area (Å²) in [6.45, 7) is 0.350. The van der Waals surface area contributed by atoms with Gasteiger partial charge < -0.3 is 9.47 Å². The molecular weight excluding hydrogens is 287 g/mol. The first-order valence-corrected chi connectivity index (χ1v) is 5.75. The highest BCUT2D eigenvalue weighted by molar-refractivity contribution is 14.1. The maximum absolute atomic E-state index is 5.35. The molecule has 0 bridgehead atoms. The summed E-state index contributed by atoms with van der Waals surface area (Å²) in [6, 6.07) is 3.99. The van der Waals surface area contributed by atoms with Crippen molar-refractivity contribution in [3.63, 3.8) is 0 Å². The monoisotopic (exact) mass is 294 g/mol. The molecule has 0 fully saturated rings. The molecule has 64 valence electrons. The van der Waals surface area contributed by atoms with Crippen molar-refractivity contribution in [1.29, 1.82) is 0 Å². The first-order valence-electron chi connectivity index (χ1n) is 3.45. The number of thioether (sulfide) groups is 1. The molecule has 0 radical (unpaired) electrons. The second-order valence-corrected chi connectivity index (χ2v) is 4.29. The zero-order chi connectivity index (χ0) is 8.55. The minimum absolute atomic E-state index is 0.350. The summed E-state index contributed by atoms with van der Waals surface area (Å²) in [4.78, 5) is 1.17. The van der Waals surface area contributed by atoms with Gasteiger partial charge in [0.2, 0.25) is 6.79 Å². The van der Waals surface area contributed by atoms with Crippen molar-refractivity contribution in [3.8, 4) is 11.5 Å². The molecule has 1 aliphatic rings. The second-order valence-electron chi connectivity index (χ2n) is 2.31. The summed E-state index contributed by atoms with van der Waals surface area (Å²) in [5.74, 6) is 1.76. The highest BCUT2D eigenvalue weighted by Gasteiger charge is 2.18. The van der Waals surface area contributed by atoms with E-state index in [2.05, 4.69) is 22.6 Å². The van der Waals surface area contributed by atoms with Gasteiger partial charge in [0.25, 0.3) is 0 Å². The van der Waals surface area contributed by atoms with Gasteiger partial charge in [0, 0.05) is 3.57 Å². The Kier molecular flexibility index (Phi) is 2.36. The molecule has 0 saturated heterocycles. The Morgan fingerprint density at radius 1 is 1.42 bits per heavy atom. The minimum atomic E-state index is 0.350. The molecule has 0 N–H and O–H groups in total. The number of benzene rings is 1. The Labute approximate surface area is 88.8 Å². The highest BCUT2D eigenvalue weighted by atomic mass is 127. The van der Waals surface area contributed by atoms with Gasteiger partial charge in [-0.2, -0.15) is 0 Å². The molecule has 1 heterocycles. The Bertz CT molecular complexity index is 314. The first kappa shape index (κ1) is 8.50. The molecule has 0 aliphatic carbocycles. The number of ether oxygens (including phenoxy) is 2. The summed E-state index contributed by atoms with van der Waals surface area (Å²) in [6.07, 6.45) is 2.04. The van der Waals surface area contributed by atoms with Gasteiger partial charge in [0.05, 0.1) is 4.90 Å². The molecule has 1 aromatic carbocycles. The van der Waals surface area contributed by atoms with Gasteiger partial charge in [-0.1, -0.05) is 0 Å². The average Bonchev–Trinajstić information content (AvgIpc) is 2.52. The van der Waals surface area contributed by atoms with Crippen molar-refractivity contribution < 1.29 is 9.47 Å². The third-order valence-corrected chi connectivity index (χ3v) is 3.73. The van der Waals surface area contributed by atoms with E-state index >= 15 is 0 Å². The third-order valence-electron chi connectivity index (χ3n) is 1.65. The Morgan fingerprint density at radius 2 is 2.25 bits per heavy atom. The lowest BCUT2D eigenvalue weighted by molar-refractivity contribution is 0.172. The van der Waals surface area contributed by atoms with E-state index < -0.39 is 0 Å². The average molecular weight is 294 g/mol. The zero-order valence-electron chi connectivity index (χ0n) is 6.46. The molecule has 1 aliphatic heterocycles. The van der Waals surface area contributed by atoms with E-state index in [9.17, 15) is 0 Å². The fraction of sp³-hybridized carbons (Fsp3) is 0.250. The maximum atomic E-state index is 5.35. The molecule has 12 heavy (non-hydrogen) atoms. The summed E-state index contributed by atoms with van der Waals surface area (Å²) in [5, 5.41) is 0. The Hall–Kier alpha value is -0.100. The van der Waals surface area contributed by atoms with Crippen LogP contribution in [0, 0.1) is 3.57 Å². The van der Waals surface area contributed by atoms with E-state index in [1.54, 1.807) is 11.8 Å². The van der Waals surface area contributed by atoms with Crippen LogP contribution in [0.15, 0.2) is 17.0 Å². The van der Waals surface area contributed by atoms with Crippen LogP contribution in [-0.2, 0) is 0 Å². The smallest absolute Gasteiger partial charge is 0.231 e. The lowest BCUT2D eigenvalue weighted by Gasteiger charge is -2.04. The minimum Gasteiger partial charge on any atom is -0.454 e. The van der Waals surface area contributed by atoms with E-state index in [-0.39, 0.29) is 0 Å². The molecule has 0 spiro atoms. The Morgan fingerprint density at radius 3 is 3.00 bits per heavy atom. The van der Waals surface area contributed by atoms with Crippen LogP contribution in [0.1, 0.15) is 0 Å². The van der Waals surface area contributed by atoms with E-state index in [1.807, 2.05) is 18.4 Å². The van der Waals surface area contributed by atoms with E-state index in [0.29, 0.717) is 6.79 Å². The first-order chi connectivity index (χ1) is 5.83. The van der Waals surface area contributed by atoms with Crippen molar-refractivity contribution >= 4 is 34.4 Å². The molecule has 0 amide bonds.